The summed E-state index contributed by atoms with van der Waals surface area (Å²) < 4.78 is 0. The zero-order chi connectivity index (χ0) is 12.0. The van der Waals surface area contributed by atoms with Crippen LogP contribution in [0.3, 0.4) is 0 Å². The third-order valence-corrected chi connectivity index (χ3v) is 2.87. The van der Waals surface area contributed by atoms with Crippen LogP contribution in [0.4, 0.5) is 0 Å². The highest BCUT2D eigenvalue weighted by Gasteiger charge is 2.02. The number of hydrogen-bond donors (Lipinski definition) is 1. The van der Waals surface area contributed by atoms with Gasteiger partial charge in [0, 0.05) is 6.54 Å². The van der Waals surface area contributed by atoms with Gasteiger partial charge in [-0.3, -0.25) is 0 Å². The van der Waals surface area contributed by atoms with E-state index >= 15 is 0 Å². The number of hydrogen-bond acceptors (Lipinski definition) is 1. The minimum Gasteiger partial charge on any atom is -0.312 e. The van der Waals surface area contributed by atoms with Crippen molar-refractivity contribution in [2.24, 2.45) is 0 Å². The molecule has 0 radical (unpaired) electrons. The lowest BCUT2D eigenvalue weighted by molar-refractivity contribution is 0.690. The normalized spacial score (nSPS) is 11.2. The molecular formula is C15H23N. The highest BCUT2D eigenvalue weighted by molar-refractivity contribution is 5.37. The van der Waals surface area contributed by atoms with Gasteiger partial charge >= 0.3 is 0 Å². The maximum atomic E-state index is 3.49. The lowest BCUT2D eigenvalue weighted by Crippen LogP contribution is -2.15. The maximum Gasteiger partial charge on any atom is 0.0210 e. The molecule has 0 bridgehead atoms. The number of benzene rings is 1. The molecule has 88 valence electrons. The van der Waals surface area contributed by atoms with Crippen molar-refractivity contribution in [3.63, 3.8) is 0 Å². The molecule has 0 aliphatic rings. The Kier molecular flexibility index (Phi) is 5.27. The summed E-state index contributed by atoms with van der Waals surface area (Å²) in [7, 11) is 0. The highest BCUT2D eigenvalue weighted by Crippen LogP contribution is 2.15. The van der Waals surface area contributed by atoms with Crippen molar-refractivity contribution in [2.75, 3.05) is 6.54 Å². The van der Waals surface area contributed by atoms with Crippen LogP contribution >= 0.6 is 0 Å². The average Bonchev–Trinajstić information content (AvgIpc) is 2.20. The molecule has 0 unspecified atom stereocenters. The van der Waals surface area contributed by atoms with Gasteiger partial charge in [-0.05, 0) is 57.4 Å². The Hall–Kier alpha value is -1.08. The Morgan fingerprint density at radius 3 is 2.31 bits per heavy atom. The summed E-state index contributed by atoms with van der Waals surface area (Å²) in [4.78, 5) is 0. The van der Waals surface area contributed by atoms with E-state index in [9.17, 15) is 0 Å². The maximum absolute atomic E-state index is 3.49. The van der Waals surface area contributed by atoms with Gasteiger partial charge in [0.15, 0.2) is 0 Å². The summed E-state index contributed by atoms with van der Waals surface area (Å²) in [5, 5.41) is 3.49. The third kappa shape index (κ3) is 3.82. The molecule has 1 aromatic rings. The topological polar surface area (TPSA) is 12.0 Å². The average molecular weight is 217 g/mol. The second kappa shape index (κ2) is 6.49. The largest absolute Gasteiger partial charge is 0.312 e. The predicted octanol–water partition coefficient (Wildman–Crippen LogP) is 3.67. The Labute approximate surface area is 99.6 Å². The number of allylic oxidation sites excluding steroid dienone is 1. The zero-order valence-electron chi connectivity index (χ0n) is 10.9. The van der Waals surface area contributed by atoms with Crippen LogP contribution in [0, 0.1) is 20.8 Å². The molecule has 0 spiro atoms. The first-order valence-electron chi connectivity index (χ1n) is 6.03. The highest BCUT2D eigenvalue weighted by atomic mass is 14.8. The summed E-state index contributed by atoms with van der Waals surface area (Å²) in [6, 6.07) is 4.52. The fourth-order valence-electron chi connectivity index (χ4n) is 2.05. The standard InChI is InChI=1S/C15H23N/c1-5-6-7-8-16-11-15-13(3)9-12(2)10-14(15)4/h5-6,9-10,16H,7-8,11H2,1-4H3/b6-5+. The molecule has 0 amide bonds. The molecule has 0 saturated carbocycles. The lowest BCUT2D eigenvalue weighted by Gasteiger charge is -2.11. The molecule has 0 saturated heterocycles. The van der Waals surface area contributed by atoms with Crippen molar-refractivity contribution in [2.45, 2.75) is 40.7 Å². The van der Waals surface area contributed by atoms with E-state index in [0.717, 1.165) is 19.5 Å². The van der Waals surface area contributed by atoms with Gasteiger partial charge < -0.3 is 5.32 Å². The van der Waals surface area contributed by atoms with Gasteiger partial charge in [0.1, 0.15) is 0 Å². The summed E-state index contributed by atoms with van der Waals surface area (Å²) in [6.07, 6.45) is 5.41. The summed E-state index contributed by atoms with van der Waals surface area (Å²) >= 11 is 0. The molecule has 1 nitrogen and oxygen atoms in total. The van der Waals surface area contributed by atoms with Crippen LogP contribution < -0.4 is 5.32 Å². The summed E-state index contributed by atoms with van der Waals surface area (Å²) in [6.45, 7) is 10.6. The van der Waals surface area contributed by atoms with Crippen LogP contribution in [0.2, 0.25) is 0 Å². The van der Waals surface area contributed by atoms with Crippen LogP contribution in [0.15, 0.2) is 24.3 Å². The number of aryl methyl sites for hydroxylation is 3. The van der Waals surface area contributed by atoms with Gasteiger partial charge in [0.2, 0.25) is 0 Å². The van der Waals surface area contributed by atoms with E-state index in [0.29, 0.717) is 0 Å². The fraction of sp³-hybridized carbons (Fsp3) is 0.467. The van der Waals surface area contributed by atoms with Crippen molar-refractivity contribution in [1.29, 1.82) is 0 Å². The van der Waals surface area contributed by atoms with Gasteiger partial charge in [-0.1, -0.05) is 29.8 Å². The Balaban J connectivity index is 2.53. The van der Waals surface area contributed by atoms with Crippen molar-refractivity contribution < 1.29 is 0 Å². The fourth-order valence-corrected chi connectivity index (χ4v) is 2.05. The van der Waals surface area contributed by atoms with E-state index in [1.54, 1.807) is 0 Å². The van der Waals surface area contributed by atoms with E-state index in [2.05, 4.69) is 57.3 Å². The first kappa shape index (κ1) is 13.0. The third-order valence-electron chi connectivity index (χ3n) is 2.87. The predicted molar refractivity (Wildman–Crippen MR) is 71.8 cm³/mol. The Bertz CT molecular complexity index is 341. The molecule has 0 atom stereocenters. The van der Waals surface area contributed by atoms with E-state index in [-0.39, 0.29) is 0 Å². The van der Waals surface area contributed by atoms with E-state index in [1.165, 1.54) is 22.3 Å². The van der Waals surface area contributed by atoms with Crippen LogP contribution in [0.5, 0.6) is 0 Å². The lowest BCUT2D eigenvalue weighted by atomic mass is 10.00. The SMILES string of the molecule is C/C=C/CCNCc1c(C)cc(C)cc1C. The van der Waals surface area contributed by atoms with Crippen molar-refractivity contribution in [3.05, 3.63) is 46.5 Å². The first-order chi connectivity index (χ1) is 7.65. The molecule has 1 rings (SSSR count). The van der Waals surface area contributed by atoms with Crippen LogP contribution in [-0.4, -0.2) is 6.54 Å². The van der Waals surface area contributed by atoms with E-state index < -0.39 is 0 Å². The van der Waals surface area contributed by atoms with Crippen molar-refractivity contribution in [1.82, 2.24) is 5.32 Å². The van der Waals surface area contributed by atoms with Gasteiger partial charge in [0.25, 0.3) is 0 Å². The van der Waals surface area contributed by atoms with Crippen LogP contribution in [0.25, 0.3) is 0 Å². The van der Waals surface area contributed by atoms with Crippen LogP contribution in [-0.2, 0) is 6.54 Å². The molecule has 0 aliphatic carbocycles. The summed E-state index contributed by atoms with van der Waals surface area (Å²) in [5.74, 6) is 0. The smallest absolute Gasteiger partial charge is 0.0210 e. The van der Waals surface area contributed by atoms with Gasteiger partial charge in [-0.2, -0.15) is 0 Å². The zero-order valence-corrected chi connectivity index (χ0v) is 10.9. The molecule has 0 aliphatic heterocycles. The number of rotatable bonds is 5. The minimum absolute atomic E-state index is 0.982. The molecule has 16 heavy (non-hydrogen) atoms. The molecule has 1 aromatic carbocycles. The second-order valence-corrected chi connectivity index (χ2v) is 4.41. The Morgan fingerprint density at radius 1 is 1.12 bits per heavy atom. The summed E-state index contributed by atoms with van der Waals surface area (Å²) in [5.41, 5.74) is 5.60. The molecule has 0 aromatic heterocycles. The Morgan fingerprint density at radius 2 is 1.75 bits per heavy atom. The van der Waals surface area contributed by atoms with Crippen LogP contribution in [0.1, 0.15) is 35.6 Å². The van der Waals surface area contributed by atoms with Gasteiger partial charge in [-0.15, -0.1) is 0 Å². The minimum atomic E-state index is 0.982. The van der Waals surface area contributed by atoms with E-state index in [4.69, 9.17) is 0 Å². The second-order valence-electron chi connectivity index (χ2n) is 4.41. The quantitative estimate of drug-likeness (QED) is 0.586. The molecular weight excluding hydrogens is 194 g/mol. The number of nitrogens with one attached hydrogen (secondary N) is 1. The molecule has 0 fully saturated rings. The van der Waals surface area contributed by atoms with Crippen molar-refractivity contribution in [3.8, 4) is 0 Å². The molecule has 1 N–H and O–H groups in total. The molecule has 1 heteroatoms. The first-order valence-corrected chi connectivity index (χ1v) is 6.03. The van der Waals surface area contributed by atoms with Gasteiger partial charge in [-0.25, -0.2) is 0 Å². The van der Waals surface area contributed by atoms with E-state index in [1.807, 2.05) is 0 Å². The molecule has 0 heterocycles. The monoisotopic (exact) mass is 217 g/mol. The van der Waals surface area contributed by atoms with Crippen molar-refractivity contribution >= 4 is 0 Å². The van der Waals surface area contributed by atoms with Gasteiger partial charge in [0.05, 0.1) is 0 Å².